The normalized spacial score (nSPS) is 15.0. The van der Waals surface area contributed by atoms with Gasteiger partial charge in [0.1, 0.15) is 11.2 Å². The number of anilines is 1. The lowest BCUT2D eigenvalue weighted by atomic mass is 9.63. The summed E-state index contributed by atoms with van der Waals surface area (Å²) in [5, 5.41) is 13.7. The molecule has 2 aromatic carbocycles. The Bertz CT molecular complexity index is 777. The molecule has 0 saturated heterocycles. The fourth-order valence-electron chi connectivity index (χ4n) is 3.10. The Hall–Kier alpha value is -2.45. The van der Waals surface area contributed by atoms with Gasteiger partial charge in [-0.25, -0.2) is 0 Å². The van der Waals surface area contributed by atoms with Crippen LogP contribution < -0.4 is 10.1 Å². The molecule has 4 nitrogen and oxygen atoms in total. The maximum atomic E-state index is 13.0. The van der Waals surface area contributed by atoms with Crippen LogP contribution >= 0.6 is 11.8 Å². The Morgan fingerprint density at radius 3 is 2.50 bits per heavy atom. The maximum Gasteiger partial charge on any atom is 0.235 e. The molecule has 0 spiro atoms. The first-order valence-electron chi connectivity index (χ1n) is 7.80. The van der Waals surface area contributed by atoms with E-state index in [1.165, 1.54) is 0 Å². The lowest BCUT2D eigenvalue weighted by Gasteiger charge is -2.41. The van der Waals surface area contributed by atoms with E-state index in [2.05, 4.69) is 5.32 Å². The number of rotatable bonds is 5. The zero-order valence-electron chi connectivity index (χ0n) is 13.4. The Morgan fingerprint density at radius 1 is 1.21 bits per heavy atom. The molecule has 2 aromatic rings. The average molecular weight is 338 g/mol. The smallest absolute Gasteiger partial charge is 0.235 e. The first-order chi connectivity index (χ1) is 11.7. The van der Waals surface area contributed by atoms with Crippen LogP contribution in [-0.2, 0) is 10.2 Å². The van der Waals surface area contributed by atoms with Gasteiger partial charge in [-0.05, 0) is 54.9 Å². The number of amides is 1. The van der Waals surface area contributed by atoms with Gasteiger partial charge < -0.3 is 10.1 Å². The van der Waals surface area contributed by atoms with Crippen LogP contribution in [-0.4, -0.2) is 13.0 Å². The van der Waals surface area contributed by atoms with Crippen molar-refractivity contribution in [3.05, 3.63) is 54.1 Å². The molecule has 1 aliphatic rings. The van der Waals surface area contributed by atoms with Crippen LogP contribution in [0.5, 0.6) is 5.75 Å². The van der Waals surface area contributed by atoms with E-state index in [1.54, 1.807) is 7.11 Å². The molecule has 1 saturated carbocycles. The van der Waals surface area contributed by atoms with Crippen LogP contribution in [0.1, 0.15) is 24.8 Å². The van der Waals surface area contributed by atoms with E-state index in [0.717, 1.165) is 52.9 Å². The van der Waals surface area contributed by atoms with Gasteiger partial charge in [0.05, 0.1) is 12.5 Å². The van der Waals surface area contributed by atoms with Crippen LogP contribution in [0.15, 0.2) is 53.4 Å². The minimum atomic E-state index is -0.521. The van der Waals surface area contributed by atoms with Crippen molar-refractivity contribution in [1.82, 2.24) is 0 Å². The van der Waals surface area contributed by atoms with Crippen LogP contribution in [0.2, 0.25) is 0 Å². The number of thiocyanates is 1. The summed E-state index contributed by atoms with van der Waals surface area (Å²) in [5.41, 5.74) is 1.17. The summed E-state index contributed by atoms with van der Waals surface area (Å²) in [6.45, 7) is 0. The highest BCUT2D eigenvalue weighted by molar-refractivity contribution is 8.03. The van der Waals surface area contributed by atoms with Crippen molar-refractivity contribution in [3.8, 4) is 11.2 Å². The van der Waals surface area contributed by atoms with Crippen molar-refractivity contribution in [1.29, 1.82) is 5.26 Å². The second-order valence-corrected chi connectivity index (χ2v) is 6.67. The SMILES string of the molecule is COc1ccccc1C1(C(=O)Nc2ccc(SC#N)cc2)CCC1. The van der Waals surface area contributed by atoms with Crippen LogP contribution in [0, 0.1) is 10.7 Å². The lowest BCUT2D eigenvalue weighted by molar-refractivity contribution is -0.124. The zero-order chi connectivity index (χ0) is 17.0. The standard InChI is InChI=1S/C19H18N2O2S/c1-23-17-6-3-2-5-16(17)19(11-4-12-19)18(22)21-14-7-9-15(10-8-14)24-13-20/h2-3,5-10H,4,11-12H2,1H3,(H,21,22). The Morgan fingerprint density at radius 2 is 1.92 bits per heavy atom. The topological polar surface area (TPSA) is 62.1 Å². The van der Waals surface area contributed by atoms with Gasteiger partial charge in [-0.2, -0.15) is 5.26 Å². The number of hydrogen-bond donors (Lipinski definition) is 1. The Kier molecular flexibility index (Phi) is 4.77. The highest BCUT2D eigenvalue weighted by Gasteiger charge is 2.47. The zero-order valence-corrected chi connectivity index (χ0v) is 14.2. The molecule has 0 aromatic heterocycles. The predicted molar refractivity (Wildman–Crippen MR) is 95.1 cm³/mol. The number of para-hydroxylation sites is 1. The molecular formula is C19H18N2O2S. The maximum absolute atomic E-state index is 13.0. The van der Waals surface area contributed by atoms with Gasteiger partial charge in [-0.15, -0.1) is 0 Å². The summed E-state index contributed by atoms with van der Waals surface area (Å²) in [7, 11) is 1.63. The van der Waals surface area contributed by atoms with Gasteiger partial charge >= 0.3 is 0 Å². The highest BCUT2D eigenvalue weighted by Crippen LogP contribution is 2.47. The fourth-order valence-corrected chi connectivity index (χ4v) is 3.48. The largest absolute Gasteiger partial charge is 0.496 e. The van der Waals surface area contributed by atoms with Crippen LogP contribution in [0.25, 0.3) is 0 Å². The quantitative estimate of drug-likeness (QED) is 0.651. The first-order valence-corrected chi connectivity index (χ1v) is 8.62. The second-order valence-electron chi connectivity index (χ2n) is 5.81. The number of thioether (sulfide) groups is 1. The molecule has 24 heavy (non-hydrogen) atoms. The van der Waals surface area contributed by atoms with E-state index < -0.39 is 5.41 Å². The molecule has 1 amide bonds. The Balaban J connectivity index is 1.83. The number of nitrogens with zero attached hydrogens (tertiary/aromatic N) is 1. The molecule has 0 bridgehead atoms. The molecule has 5 heteroatoms. The van der Waals surface area contributed by atoms with Crippen LogP contribution in [0.4, 0.5) is 5.69 Å². The fraction of sp³-hybridized carbons (Fsp3) is 0.263. The summed E-state index contributed by atoms with van der Waals surface area (Å²) in [4.78, 5) is 13.8. The van der Waals surface area contributed by atoms with E-state index in [9.17, 15) is 4.79 Å². The van der Waals surface area contributed by atoms with Gasteiger partial charge in [0, 0.05) is 16.1 Å². The Labute approximate surface area is 145 Å². The van der Waals surface area contributed by atoms with Crippen molar-refractivity contribution < 1.29 is 9.53 Å². The number of nitrogens with one attached hydrogen (secondary N) is 1. The number of nitriles is 1. The van der Waals surface area contributed by atoms with E-state index >= 15 is 0 Å². The van der Waals surface area contributed by atoms with Gasteiger partial charge in [0.15, 0.2) is 0 Å². The first kappa shape index (κ1) is 16.4. The molecule has 0 radical (unpaired) electrons. The third-order valence-corrected chi connectivity index (χ3v) is 5.14. The molecule has 0 unspecified atom stereocenters. The van der Waals surface area contributed by atoms with Gasteiger partial charge in [-0.1, -0.05) is 24.6 Å². The van der Waals surface area contributed by atoms with E-state index in [1.807, 2.05) is 53.9 Å². The molecule has 1 aliphatic carbocycles. The molecule has 0 heterocycles. The van der Waals surface area contributed by atoms with Gasteiger partial charge in [-0.3, -0.25) is 4.79 Å². The highest BCUT2D eigenvalue weighted by atomic mass is 32.2. The second kappa shape index (κ2) is 6.98. The average Bonchev–Trinajstić information content (AvgIpc) is 2.56. The molecule has 1 fully saturated rings. The summed E-state index contributed by atoms with van der Waals surface area (Å²) in [6, 6.07) is 15.1. The van der Waals surface area contributed by atoms with E-state index in [4.69, 9.17) is 10.00 Å². The van der Waals surface area contributed by atoms with E-state index in [-0.39, 0.29) is 5.91 Å². The monoisotopic (exact) mass is 338 g/mol. The summed E-state index contributed by atoms with van der Waals surface area (Å²) < 4.78 is 5.46. The van der Waals surface area contributed by atoms with Crippen molar-refractivity contribution >= 4 is 23.4 Å². The number of carbonyl (C=O) groups excluding carboxylic acids is 1. The summed E-state index contributed by atoms with van der Waals surface area (Å²) in [5.74, 6) is 0.757. The minimum absolute atomic E-state index is 0.000985. The van der Waals surface area contributed by atoms with Gasteiger partial charge in [0.2, 0.25) is 5.91 Å². The number of ether oxygens (including phenoxy) is 1. The number of methoxy groups -OCH3 is 1. The molecular weight excluding hydrogens is 320 g/mol. The minimum Gasteiger partial charge on any atom is -0.496 e. The van der Waals surface area contributed by atoms with Crippen molar-refractivity contribution in [3.63, 3.8) is 0 Å². The number of carbonyl (C=O) groups is 1. The third-order valence-electron chi connectivity index (χ3n) is 4.54. The summed E-state index contributed by atoms with van der Waals surface area (Å²) >= 11 is 1.10. The molecule has 3 rings (SSSR count). The molecule has 0 aliphatic heterocycles. The lowest BCUT2D eigenvalue weighted by Crippen LogP contribution is -2.46. The molecule has 1 N–H and O–H groups in total. The molecule has 122 valence electrons. The summed E-state index contributed by atoms with van der Waals surface area (Å²) in [6.07, 6.45) is 2.67. The van der Waals surface area contributed by atoms with Crippen molar-refractivity contribution in [2.75, 3.05) is 12.4 Å². The number of hydrogen-bond acceptors (Lipinski definition) is 4. The number of benzene rings is 2. The molecule has 0 atom stereocenters. The van der Waals surface area contributed by atoms with Crippen molar-refractivity contribution in [2.45, 2.75) is 29.6 Å². The third kappa shape index (κ3) is 2.98. The van der Waals surface area contributed by atoms with Crippen molar-refractivity contribution in [2.24, 2.45) is 0 Å². The van der Waals surface area contributed by atoms with Crippen LogP contribution in [0.3, 0.4) is 0 Å². The predicted octanol–water partition coefficient (Wildman–Crippen LogP) is 4.33. The van der Waals surface area contributed by atoms with E-state index in [0.29, 0.717) is 0 Å². The van der Waals surface area contributed by atoms with Gasteiger partial charge in [0.25, 0.3) is 0 Å².